The molecule has 0 aliphatic heterocycles. The van der Waals surface area contributed by atoms with Crippen LogP contribution in [-0.4, -0.2) is 41.5 Å². The van der Waals surface area contributed by atoms with E-state index < -0.39 is 0 Å². The number of hydrogen-bond donors (Lipinski definition) is 2. The number of aliphatic hydroxyl groups excluding tert-OH is 1. The van der Waals surface area contributed by atoms with Crippen LogP contribution in [0.3, 0.4) is 0 Å². The molecule has 1 rings (SSSR count). The van der Waals surface area contributed by atoms with Crippen LogP contribution < -0.4 is 5.32 Å². The Labute approximate surface area is 129 Å². The number of carbonyl (C=O) groups excluding carboxylic acids is 1. The quantitative estimate of drug-likeness (QED) is 0.754. The number of amides is 2. The van der Waals surface area contributed by atoms with E-state index in [1.165, 1.54) is 0 Å². The molecule has 4 nitrogen and oxygen atoms in total. The van der Waals surface area contributed by atoms with Crippen molar-refractivity contribution in [1.29, 1.82) is 0 Å². The van der Waals surface area contributed by atoms with Gasteiger partial charge in [-0.2, -0.15) is 0 Å². The number of benzene rings is 1. The van der Waals surface area contributed by atoms with Crippen LogP contribution in [0.1, 0.15) is 20.3 Å². The van der Waals surface area contributed by atoms with Gasteiger partial charge in [-0.1, -0.05) is 25.4 Å². The van der Waals surface area contributed by atoms with E-state index in [-0.39, 0.29) is 12.6 Å². The number of hydrogen-bond acceptors (Lipinski definition) is 3. The maximum Gasteiger partial charge on any atom is 0.321 e. The Kier molecular flexibility index (Phi) is 7.80. The SMILES string of the molecule is CCCN(CCO)C(=O)Nc1cc(Cl)ccc1SCC. The van der Waals surface area contributed by atoms with E-state index in [2.05, 4.69) is 12.2 Å². The van der Waals surface area contributed by atoms with Gasteiger partial charge in [0.15, 0.2) is 0 Å². The average Bonchev–Trinajstić information content (AvgIpc) is 2.41. The molecule has 2 N–H and O–H groups in total. The molecular formula is C14H21ClN2O2S. The molecule has 0 saturated carbocycles. The zero-order valence-electron chi connectivity index (χ0n) is 11.9. The van der Waals surface area contributed by atoms with Crippen molar-refractivity contribution < 1.29 is 9.90 Å². The van der Waals surface area contributed by atoms with Crippen molar-refractivity contribution in [1.82, 2.24) is 4.90 Å². The zero-order chi connectivity index (χ0) is 15.0. The van der Waals surface area contributed by atoms with Gasteiger partial charge < -0.3 is 15.3 Å². The fourth-order valence-corrected chi connectivity index (χ4v) is 2.69. The van der Waals surface area contributed by atoms with E-state index in [0.717, 1.165) is 17.1 Å². The highest BCUT2D eigenvalue weighted by Gasteiger charge is 2.14. The van der Waals surface area contributed by atoms with Gasteiger partial charge in [0.25, 0.3) is 0 Å². The minimum absolute atomic E-state index is 0.0421. The van der Waals surface area contributed by atoms with Crippen LogP contribution in [-0.2, 0) is 0 Å². The molecule has 0 atom stereocenters. The van der Waals surface area contributed by atoms with E-state index in [1.807, 2.05) is 19.1 Å². The first kappa shape index (κ1) is 17.1. The van der Waals surface area contributed by atoms with E-state index in [9.17, 15) is 4.79 Å². The van der Waals surface area contributed by atoms with Crippen LogP contribution in [0.2, 0.25) is 5.02 Å². The highest BCUT2D eigenvalue weighted by Crippen LogP contribution is 2.30. The Bertz CT molecular complexity index is 437. The highest BCUT2D eigenvalue weighted by molar-refractivity contribution is 7.99. The number of nitrogens with one attached hydrogen (secondary N) is 1. The molecule has 0 aliphatic carbocycles. The minimum Gasteiger partial charge on any atom is -0.395 e. The molecule has 0 saturated heterocycles. The van der Waals surface area contributed by atoms with Crippen molar-refractivity contribution in [2.75, 3.05) is 30.8 Å². The third-order valence-corrected chi connectivity index (χ3v) is 3.82. The van der Waals surface area contributed by atoms with Crippen LogP contribution in [0.25, 0.3) is 0 Å². The average molecular weight is 317 g/mol. The second-order valence-corrected chi connectivity index (χ2v) is 5.96. The monoisotopic (exact) mass is 316 g/mol. The Morgan fingerprint density at radius 1 is 1.40 bits per heavy atom. The number of rotatable bonds is 7. The van der Waals surface area contributed by atoms with E-state index in [0.29, 0.717) is 23.8 Å². The first-order valence-corrected chi connectivity index (χ1v) is 8.07. The maximum absolute atomic E-state index is 12.2. The Morgan fingerprint density at radius 3 is 2.75 bits per heavy atom. The fraction of sp³-hybridized carbons (Fsp3) is 0.500. The molecule has 0 bridgehead atoms. The molecular weight excluding hydrogens is 296 g/mol. The lowest BCUT2D eigenvalue weighted by atomic mass is 10.3. The minimum atomic E-state index is -0.207. The standard InChI is InChI=1S/C14H21ClN2O2S/c1-3-7-17(8-9-18)14(19)16-12-10-11(15)5-6-13(12)20-4-2/h5-6,10,18H,3-4,7-9H2,1-2H3,(H,16,19). The van der Waals surface area contributed by atoms with Gasteiger partial charge in [0, 0.05) is 23.0 Å². The van der Waals surface area contributed by atoms with Crippen molar-refractivity contribution in [2.45, 2.75) is 25.2 Å². The van der Waals surface area contributed by atoms with Gasteiger partial charge in [-0.05, 0) is 30.4 Å². The normalized spacial score (nSPS) is 10.4. The molecule has 1 aromatic rings. The number of urea groups is 1. The number of thioether (sulfide) groups is 1. The summed E-state index contributed by atoms with van der Waals surface area (Å²) in [6.07, 6.45) is 0.847. The largest absolute Gasteiger partial charge is 0.395 e. The number of nitrogens with zero attached hydrogens (tertiary/aromatic N) is 1. The number of carbonyl (C=O) groups is 1. The van der Waals surface area contributed by atoms with Crippen molar-refractivity contribution in [3.05, 3.63) is 23.2 Å². The topological polar surface area (TPSA) is 52.6 Å². The summed E-state index contributed by atoms with van der Waals surface area (Å²) in [6.45, 7) is 4.95. The lowest BCUT2D eigenvalue weighted by Crippen LogP contribution is -2.37. The number of aliphatic hydroxyl groups is 1. The van der Waals surface area contributed by atoms with Crippen molar-refractivity contribution in [3.8, 4) is 0 Å². The number of anilines is 1. The van der Waals surface area contributed by atoms with Gasteiger partial charge >= 0.3 is 6.03 Å². The maximum atomic E-state index is 12.2. The second-order valence-electron chi connectivity index (χ2n) is 4.21. The molecule has 0 unspecified atom stereocenters. The molecule has 2 amide bonds. The molecule has 112 valence electrons. The Hall–Kier alpha value is -0.910. The molecule has 6 heteroatoms. The molecule has 0 heterocycles. The second kappa shape index (κ2) is 9.10. The van der Waals surface area contributed by atoms with E-state index >= 15 is 0 Å². The summed E-state index contributed by atoms with van der Waals surface area (Å²) in [5.74, 6) is 0.916. The van der Waals surface area contributed by atoms with Crippen molar-refractivity contribution >= 4 is 35.1 Å². The predicted octanol–water partition coefficient (Wildman–Crippen LogP) is 3.69. The molecule has 0 fully saturated rings. The zero-order valence-corrected chi connectivity index (χ0v) is 13.4. The van der Waals surface area contributed by atoms with Crippen LogP contribution in [0, 0.1) is 0 Å². The van der Waals surface area contributed by atoms with Gasteiger partial charge in [-0.15, -0.1) is 11.8 Å². The number of halogens is 1. The lowest BCUT2D eigenvalue weighted by molar-refractivity contribution is 0.188. The van der Waals surface area contributed by atoms with E-state index in [4.69, 9.17) is 16.7 Å². The molecule has 20 heavy (non-hydrogen) atoms. The van der Waals surface area contributed by atoms with E-state index in [1.54, 1.807) is 22.7 Å². The smallest absolute Gasteiger partial charge is 0.321 e. The Balaban J connectivity index is 2.84. The van der Waals surface area contributed by atoms with Crippen LogP contribution in [0.15, 0.2) is 23.1 Å². The third kappa shape index (κ3) is 5.23. The van der Waals surface area contributed by atoms with Crippen molar-refractivity contribution in [2.24, 2.45) is 0 Å². The summed E-state index contributed by atoms with van der Waals surface area (Å²) in [5, 5.41) is 12.5. The Morgan fingerprint density at radius 2 is 2.15 bits per heavy atom. The molecule has 0 radical (unpaired) electrons. The van der Waals surface area contributed by atoms with Gasteiger partial charge in [0.2, 0.25) is 0 Å². The van der Waals surface area contributed by atoms with Gasteiger partial charge in [0.05, 0.1) is 12.3 Å². The first-order chi connectivity index (χ1) is 9.62. The molecule has 0 spiro atoms. The first-order valence-electron chi connectivity index (χ1n) is 6.71. The van der Waals surface area contributed by atoms with Crippen LogP contribution in [0.4, 0.5) is 10.5 Å². The summed E-state index contributed by atoms with van der Waals surface area (Å²) < 4.78 is 0. The lowest BCUT2D eigenvalue weighted by Gasteiger charge is -2.22. The van der Waals surface area contributed by atoms with Crippen LogP contribution >= 0.6 is 23.4 Å². The summed E-state index contributed by atoms with van der Waals surface area (Å²) in [7, 11) is 0. The molecule has 0 aromatic heterocycles. The highest BCUT2D eigenvalue weighted by atomic mass is 35.5. The predicted molar refractivity (Wildman–Crippen MR) is 85.8 cm³/mol. The van der Waals surface area contributed by atoms with Crippen molar-refractivity contribution in [3.63, 3.8) is 0 Å². The molecule has 0 aliphatic rings. The van der Waals surface area contributed by atoms with Gasteiger partial charge in [0.1, 0.15) is 0 Å². The summed E-state index contributed by atoms with van der Waals surface area (Å²) in [5.41, 5.74) is 0.716. The summed E-state index contributed by atoms with van der Waals surface area (Å²) in [6, 6.07) is 5.26. The van der Waals surface area contributed by atoms with Crippen LogP contribution in [0.5, 0.6) is 0 Å². The summed E-state index contributed by atoms with van der Waals surface area (Å²) >= 11 is 7.64. The fourth-order valence-electron chi connectivity index (χ4n) is 1.78. The van der Waals surface area contributed by atoms with Gasteiger partial charge in [-0.25, -0.2) is 4.79 Å². The molecule has 1 aromatic carbocycles. The van der Waals surface area contributed by atoms with Gasteiger partial charge in [-0.3, -0.25) is 0 Å². The third-order valence-electron chi connectivity index (χ3n) is 2.63. The summed E-state index contributed by atoms with van der Waals surface area (Å²) in [4.78, 5) is 14.8.